The van der Waals surface area contributed by atoms with Gasteiger partial charge in [0.05, 0.1) is 5.92 Å². The Morgan fingerprint density at radius 2 is 2.42 bits per heavy atom. The fourth-order valence-electron chi connectivity index (χ4n) is 1.32. The van der Waals surface area contributed by atoms with Gasteiger partial charge in [-0.3, -0.25) is 4.79 Å². The third-order valence-electron chi connectivity index (χ3n) is 2.00. The van der Waals surface area contributed by atoms with Crippen molar-refractivity contribution in [1.29, 1.82) is 0 Å². The van der Waals surface area contributed by atoms with Crippen LogP contribution in [-0.2, 0) is 4.79 Å². The molecule has 3 nitrogen and oxygen atoms in total. The summed E-state index contributed by atoms with van der Waals surface area (Å²) >= 11 is 5.90. The predicted molar refractivity (Wildman–Crippen MR) is 46.3 cm³/mol. The van der Waals surface area contributed by atoms with Gasteiger partial charge in [-0.1, -0.05) is 11.6 Å². The second-order valence-corrected chi connectivity index (χ2v) is 3.17. The van der Waals surface area contributed by atoms with Crippen molar-refractivity contribution in [2.24, 2.45) is 0 Å². The Bertz CT molecular complexity index is 351. The zero-order chi connectivity index (χ0) is 8.72. The Kier molecular flexibility index (Phi) is 1.54. The van der Waals surface area contributed by atoms with E-state index in [0.29, 0.717) is 10.8 Å². The van der Waals surface area contributed by atoms with E-state index in [-0.39, 0.29) is 11.8 Å². The smallest absolute Gasteiger partial charge is 0.232 e. The molecule has 0 spiro atoms. The number of nitrogens with zero attached hydrogens (tertiary/aromatic N) is 1. The number of hydrogen-bond donors (Lipinski definition) is 1. The van der Waals surface area contributed by atoms with E-state index < -0.39 is 0 Å². The number of halogens is 1. The van der Waals surface area contributed by atoms with Crippen LogP contribution in [0.5, 0.6) is 0 Å². The number of hydrogen-bond acceptors (Lipinski definition) is 2. The first-order valence-electron chi connectivity index (χ1n) is 3.65. The minimum Gasteiger partial charge on any atom is -0.310 e. The van der Waals surface area contributed by atoms with Crippen LogP contribution in [0.15, 0.2) is 12.3 Å². The highest BCUT2D eigenvalue weighted by atomic mass is 35.5. The molecule has 62 valence electrons. The molecule has 0 saturated heterocycles. The summed E-state index contributed by atoms with van der Waals surface area (Å²) < 4.78 is 0. The molecule has 1 aromatic heterocycles. The lowest BCUT2D eigenvalue weighted by atomic mass is 10.1. The summed E-state index contributed by atoms with van der Waals surface area (Å²) in [6.07, 6.45) is 1.58. The molecule has 0 aromatic carbocycles. The van der Waals surface area contributed by atoms with E-state index in [1.54, 1.807) is 12.3 Å². The van der Waals surface area contributed by atoms with Gasteiger partial charge in [-0.25, -0.2) is 4.98 Å². The molecule has 1 N–H and O–H groups in total. The first-order chi connectivity index (χ1) is 5.70. The molecule has 4 heteroatoms. The van der Waals surface area contributed by atoms with Gasteiger partial charge in [-0.15, -0.1) is 0 Å². The van der Waals surface area contributed by atoms with Gasteiger partial charge >= 0.3 is 0 Å². The second kappa shape index (κ2) is 2.45. The Hall–Kier alpha value is -1.09. The molecule has 0 aliphatic carbocycles. The molecule has 1 aliphatic heterocycles. The third kappa shape index (κ3) is 0.898. The molecule has 1 amide bonds. The quantitative estimate of drug-likeness (QED) is 0.665. The maximum atomic E-state index is 11.2. The van der Waals surface area contributed by atoms with E-state index in [4.69, 9.17) is 11.6 Å². The fourth-order valence-corrected chi connectivity index (χ4v) is 1.63. The lowest BCUT2D eigenvalue weighted by molar-refractivity contribution is -0.116. The van der Waals surface area contributed by atoms with Crippen molar-refractivity contribution in [3.05, 3.63) is 22.8 Å². The zero-order valence-corrected chi connectivity index (χ0v) is 7.22. The van der Waals surface area contributed by atoms with E-state index in [1.165, 1.54) is 0 Å². The number of nitrogens with one attached hydrogen (secondary N) is 1. The Morgan fingerprint density at radius 3 is 3.08 bits per heavy atom. The van der Waals surface area contributed by atoms with Crippen LogP contribution in [0.3, 0.4) is 0 Å². The molecule has 0 saturated carbocycles. The number of carbonyl (C=O) groups is 1. The molecule has 2 rings (SSSR count). The van der Waals surface area contributed by atoms with E-state index in [0.717, 1.165) is 5.56 Å². The fraction of sp³-hybridized carbons (Fsp3) is 0.250. The van der Waals surface area contributed by atoms with Crippen LogP contribution in [-0.4, -0.2) is 10.9 Å². The van der Waals surface area contributed by atoms with Crippen LogP contribution in [0.4, 0.5) is 5.82 Å². The number of pyridine rings is 1. The molecule has 0 fully saturated rings. The van der Waals surface area contributed by atoms with Crippen molar-refractivity contribution in [1.82, 2.24) is 4.98 Å². The van der Waals surface area contributed by atoms with Gasteiger partial charge in [0, 0.05) is 16.8 Å². The molecule has 1 atom stereocenters. The second-order valence-electron chi connectivity index (χ2n) is 2.77. The van der Waals surface area contributed by atoms with Crippen LogP contribution in [0.25, 0.3) is 0 Å². The highest BCUT2D eigenvalue weighted by molar-refractivity contribution is 6.32. The average molecular weight is 183 g/mol. The van der Waals surface area contributed by atoms with Crippen LogP contribution < -0.4 is 5.32 Å². The Labute approximate surface area is 74.8 Å². The van der Waals surface area contributed by atoms with Crippen LogP contribution in [0.2, 0.25) is 5.02 Å². The molecule has 0 bridgehead atoms. The minimum absolute atomic E-state index is 0.0365. The van der Waals surface area contributed by atoms with Crippen LogP contribution in [0, 0.1) is 0 Å². The monoisotopic (exact) mass is 182 g/mol. The predicted octanol–water partition coefficient (Wildman–Crippen LogP) is 1.79. The van der Waals surface area contributed by atoms with Crippen LogP contribution in [0.1, 0.15) is 18.4 Å². The Morgan fingerprint density at radius 1 is 1.67 bits per heavy atom. The molecule has 2 heterocycles. The number of carbonyl (C=O) groups excluding carboxylic acids is 1. The summed E-state index contributed by atoms with van der Waals surface area (Å²) in [5.74, 6) is 0.381. The third-order valence-corrected chi connectivity index (χ3v) is 2.33. The highest BCUT2D eigenvalue weighted by Crippen LogP contribution is 2.35. The van der Waals surface area contributed by atoms with Crippen molar-refractivity contribution in [3.8, 4) is 0 Å². The van der Waals surface area contributed by atoms with Crippen molar-refractivity contribution in [2.75, 3.05) is 5.32 Å². The van der Waals surface area contributed by atoms with Gasteiger partial charge in [0.25, 0.3) is 0 Å². The van der Waals surface area contributed by atoms with Crippen molar-refractivity contribution in [2.45, 2.75) is 12.8 Å². The lowest BCUT2D eigenvalue weighted by Gasteiger charge is -2.01. The number of anilines is 1. The summed E-state index contributed by atoms with van der Waals surface area (Å²) in [7, 11) is 0. The van der Waals surface area contributed by atoms with E-state index in [1.807, 2.05) is 6.92 Å². The molecule has 0 radical (unpaired) electrons. The van der Waals surface area contributed by atoms with Gasteiger partial charge in [-0.2, -0.15) is 0 Å². The number of aromatic nitrogens is 1. The SMILES string of the molecule is CC1C(=O)Nc2nccc(Cl)c21. The maximum Gasteiger partial charge on any atom is 0.232 e. The van der Waals surface area contributed by atoms with E-state index in [9.17, 15) is 4.79 Å². The van der Waals surface area contributed by atoms with Gasteiger partial charge in [-0.05, 0) is 13.0 Å². The lowest BCUT2D eigenvalue weighted by Crippen LogP contribution is -2.08. The normalized spacial score (nSPS) is 20.5. The van der Waals surface area contributed by atoms with Crippen LogP contribution >= 0.6 is 11.6 Å². The topological polar surface area (TPSA) is 42.0 Å². The molecule has 1 unspecified atom stereocenters. The summed E-state index contributed by atoms with van der Waals surface area (Å²) in [5.41, 5.74) is 0.809. The first-order valence-corrected chi connectivity index (χ1v) is 4.03. The van der Waals surface area contributed by atoms with Gasteiger partial charge < -0.3 is 5.32 Å². The summed E-state index contributed by atoms with van der Waals surface area (Å²) in [6, 6.07) is 1.69. The van der Waals surface area contributed by atoms with E-state index >= 15 is 0 Å². The molecule has 1 aromatic rings. The van der Waals surface area contributed by atoms with Crippen molar-refractivity contribution >= 4 is 23.3 Å². The summed E-state index contributed by atoms with van der Waals surface area (Å²) in [6.45, 7) is 1.81. The van der Waals surface area contributed by atoms with Crippen molar-refractivity contribution < 1.29 is 4.79 Å². The molecule has 1 aliphatic rings. The van der Waals surface area contributed by atoms with Gasteiger partial charge in [0.15, 0.2) is 0 Å². The number of rotatable bonds is 0. The standard InChI is InChI=1S/C8H7ClN2O/c1-4-6-5(9)2-3-10-7(6)11-8(4)12/h2-4H,1H3,(H,10,11,12). The number of fused-ring (bicyclic) bond motifs is 1. The minimum atomic E-state index is -0.179. The molecule has 12 heavy (non-hydrogen) atoms. The summed E-state index contributed by atoms with van der Waals surface area (Å²) in [4.78, 5) is 15.2. The average Bonchev–Trinajstić information content (AvgIpc) is 2.29. The van der Waals surface area contributed by atoms with Crippen molar-refractivity contribution in [3.63, 3.8) is 0 Å². The maximum absolute atomic E-state index is 11.2. The largest absolute Gasteiger partial charge is 0.310 e. The highest BCUT2D eigenvalue weighted by Gasteiger charge is 2.29. The van der Waals surface area contributed by atoms with E-state index in [2.05, 4.69) is 10.3 Å². The van der Waals surface area contributed by atoms with Gasteiger partial charge in [0.1, 0.15) is 5.82 Å². The first kappa shape index (κ1) is 7.55. The number of amides is 1. The molecular formula is C8H7ClN2O. The van der Waals surface area contributed by atoms with Gasteiger partial charge in [0.2, 0.25) is 5.91 Å². The Balaban J connectivity index is 2.62. The molecular weight excluding hydrogens is 176 g/mol. The zero-order valence-electron chi connectivity index (χ0n) is 6.47. The summed E-state index contributed by atoms with van der Waals surface area (Å²) in [5, 5.41) is 3.26.